The van der Waals surface area contributed by atoms with Gasteiger partial charge in [0.25, 0.3) is 0 Å². The van der Waals surface area contributed by atoms with Crippen molar-refractivity contribution in [3.8, 4) is 17.6 Å². The zero-order valence-electron chi connectivity index (χ0n) is 11.2. The summed E-state index contributed by atoms with van der Waals surface area (Å²) in [7, 11) is 1.71. The Kier molecular flexibility index (Phi) is 8.99. The number of rotatable bonds is 8. The molecule has 1 rings (SSSR count). The number of aliphatic hydroxyl groups is 1. The summed E-state index contributed by atoms with van der Waals surface area (Å²) in [5.74, 6) is 8.67. The first-order valence-corrected chi connectivity index (χ1v) is 7.41. The maximum atomic E-state index is 8.67. The van der Waals surface area contributed by atoms with Gasteiger partial charge in [-0.05, 0) is 18.2 Å². The second kappa shape index (κ2) is 10.7. The molecule has 0 saturated heterocycles. The van der Waals surface area contributed by atoms with Crippen LogP contribution in [0.4, 0.5) is 0 Å². The molecule has 1 aromatic carbocycles. The Hall–Kier alpha value is -1.15. The van der Waals surface area contributed by atoms with Crippen molar-refractivity contribution in [1.82, 2.24) is 0 Å². The number of hydrogen-bond donors (Lipinski definition) is 1. The van der Waals surface area contributed by atoms with E-state index in [1.165, 1.54) is 0 Å². The number of thioether (sulfide) groups is 1. The number of hydrogen-bond acceptors (Lipinski definition) is 4. The highest BCUT2D eigenvalue weighted by Gasteiger charge is 1.95. The summed E-state index contributed by atoms with van der Waals surface area (Å²) >= 11 is 1.81. The molecule has 0 aliphatic carbocycles. The molecule has 0 unspecified atom stereocenters. The van der Waals surface area contributed by atoms with Crippen molar-refractivity contribution in [2.45, 2.75) is 6.42 Å². The molecule has 0 aliphatic heterocycles. The van der Waals surface area contributed by atoms with E-state index in [4.69, 9.17) is 14.6 Å². The summed E-state index contributed by atoms with van der Waals surface area (Å²) in [6, 6.07) is 7.71. The van der Waals surface area contributed by atoms with Gasteiger partial charge in [0.1, 0.15) is 5.75 Å². The highest BCUT2D eigenvalue weighted by atomic mass is 32.2. The van der Waals surface area contributed by atoms with Crippen molar-refractivity contribution < 1.29 is 14.6 Å². The monoisotopic (exact) mass is 280 g/mol. The fourth-order valence-electron chi connectivity index (χ4n) is 1.35. The molecule has 0 amide bonds. The van der Waals surface area contributed by atoms with Gasteiger partial charge in [0.2, 0.25) is 0 Å². The highest BCUT2D eigenvalue weighted by molar-refractivity contribution is 7.99. The topological polar surface area (TPSA) is 38.7 Å². The predicted octanol–water partition coefficient (Wildman–Crippen LogP) is 2.18. The normalized spacial score (nSPS) is 9.79. The van der Waals surface area contributed by atoms with Crippen molar-refractivity contribution in [2.75, 3.05) is 38.4 Å². The molecule has 4 heteroatoms. The van der Waals surface area contributed by atoms with Crippen molar-refractivity contribution in [3.63, 3.8) is 0 Å². The fraction of sp³-hybridized carbons (Fsp3) is 0.467. The second-order valence-corrected chi connectivity index (χ2v) is 4.98. The molecule has 19 heavy (non-hydrogen) atoms. The molecule has 0 radical (unpaired) electrons. The maximum Gasteiger partial charge on any atom is 0.120 e. The summed E-state index contributed by atoms with van der Waals surface area (Å²) in [4.78, 5) is 0. The standard InChI is InChI=1S/C15H20O3S/c1-17-9-11-19-12-10-18-15-7-4-6-14(13-15)5-2-3-8-16/h4,6-7,13,16H,3,8-12H2,1H3. The Morgan fingerprint density at radius 1 is 1.26 bits per heavy atom. The van der Waals surface area contributed by atoms with Gasteiger partial charge in [-0.1, -0.05) is 17.9 Å². The van der Waals surface area contributed by atoms with Crippen LogP contribution in [0.3, 0.4) is 0 Å². The van der Waals surface area contributed by atoms with Crippen molar-refractivity contribution in [3.05, 3.63) is 29.8 Å². The summed E-state index contributed by atoms with van der Waals surface area (Å²) < 4.78 is 10.6. The van der Waals surface area contributed by atoms with E-state index in [0.717, 1.165) is 29.4 Å². The Morgan fingerprint density at radius 2 is 2.11 bits per heavy atom. The number of aliphatic hydroxyl groups excluding tert-OH is 1. The van der Waals surface area contributed by atoms with Crippen molar-refractivity contribution in [1.29, 1.82) is 0 Å². The molecule has 1 N–H and O–H groups in total. The molecule has 0 bridgehead atoms. The van der Waals surface area contributed by atoms with Crippen LogP contribution in [0.15, 0.2) is 24.3 Å². The van der Waals surface area contributed by atoms with Gasteiger partial charge in [-0.2, -0.15) is 11.8 Å². The van der Waals surface area contributed by atoms with Crippen LogP contribution >= 0.6 is 11.8 Å². The van der Waals surface area contributed by atoms with E-state index in [0.29, 0.717) is 13.0 Å². The first-order valence-electron chi connectivity index (χ1n) is 6.26. The molecule has 0 aliphatic rings. The minimum atomic E-state index is 0.0991. The van der Waals surface area contributed by atoms with Gasteiger partial charge in [0, 0.05) is 30.6 Å². The lowest BCUT2D eigenvalue weighted by molar-refractivity contribution is 0.218. The van der Waals surface area contributed by atoms with Gasteiger partial charge < -0.3 is 14.6 Å². The van der Waals surface area contributed by atoms with Gasteiger partial charge in [0.05, 0.1) is 19.8 Å². The van der Waals surface area contributed by atoms with Gasteiger partial charge >= 0.3 is 0 Å². The largest absolute Gasteiger partial charge is 0.493 e. The molecule has 0 fully saturated rings. The number of ether oxygens (including phenoxy) is 2. The van der Waals surface area contributed by atoms with Crippen LogP contribution in [-0.4, -0.2) is 43.5 Å². The first kappa shape index (κ1) is 15.9. The van der Waals surface area contributed by atoms with Crippen LogP contribution in [0.2, 0.25) is 0 Å². The molecule has 1 aromatic rings. The zero-order chi connectivity index (χ0) is 13.8. The van der Waals surface area contributed by atoms with Crippen molar-refractivity contribution >= 4 is 11.8 Å². The lowest BCUT2D eigenvalue weighted by Gasteiger charge is -2.06. The van der Waals surface area contributed by atoms with E-state index in [2.05, 4.69) is 11.8 Å². The van der Waals surface area contributed by atoms with Crippen LogP contribution in [0.25, 0.3) is 0 Å². The van der Waals surface area contributed by atoms with E-state index in [9.17, 15) is 0 Å². The molecule has 104 valence electrons. The smallest absolute Gasteiger partial charge is 0.120 e. The molecule has 3 nitrogen and oxygen atoms in total. The van der Waals surface area contributed by atoms with E-state index >= 15 is 0 Å². The molecule has 0 atom stereocenters. The van der Waals surface area contributed by atoms with Gasteiger partial charge in [-0.3, -0.25) is 0 Å². The zero-order valence-corrected chi connectivity index (χ0v) is 12.0. The lowest BCUT2D eigenvalue weighted by atomic mass is 10.2. The Balaban J connectivity index is 2.30. The van der Waals surface area contributed by atoms with E-state index < -0.39 is 0 Å². The van der Waals surface area contributed by atoms with Gasteiger partial charge in [0.15, 0.2) is 0 Å². The minimum Gasteiger partial charge on any atom is -0.493 e. The Bertz CT molecular complexity index is 409. The molecular weight excluding hydrogens is 260 g/mol. The summed E-state index contributed by atoms with van der Waals surface area (Å²) in [5.41, 5.74) is 0.915. The average molecular weight is 280 g/mol. The van der Waals surface area contributed by atoms with E-state index in [1.54, 1.807) is 7.11 Å². The number of benzene rings is 1. The van der Waals surface area contributed by atoms with Gasteiger partial charge in [-0.15, -0.1) is 0 Å². The fourth-order valence-corrected chi connectivity index (χ4v) is 2.04. The first-order chi connectivity index (χ1) is 9.36. The molecule has 0 heterocycles. The third-order valence-electron chi connectivity index (χ3n) is 2.23. The third kappa shape index (κ3) is 7.78. The van der Waals surface area contributed by atoms with Crippen molar-refractivity contribution in [2.24, 2.45) is 0 Å². The van der Waals surface area contributed by atoms with Crippen LogP contribution in [0.1, 0.15) is 12.0 Å². The van der Waals surface area contributed by atoms with Crippen LogP contribution < -0.4 is 4.74 Å². The maximum absolute atomic E-state index is 8.67. The quantitative estimate of drug-likeness (QED) is 0.585. The van der Waals surface area contributed by atoms with E-state index in [-0.39, 0.29) is 6.61 Å². The molecule has 0 spiro atoms. The Labute approximate surface area is 119 Å². The lowest BCUT2D eigenvalue weighted by Crippen LogP contribution is -2.02. The summed E-state index contributed by atoms with van der Waals surface area (Å²) in [6.07, 6.45) is 0.501. The SMILES string of the molecule is COCCSCCOc1cccc(C#CCCO)c1. The molecule has 0 saturated carbocycles. The van der Waals surface area contributed by atoms with Crippen LogP contribution in [-0.2, 0) is 4.74 Å². The minimum absolute atomic E-state index is 0.0991. The van der Waals surface area contributed by atoms with Crippen LogP contribution in [0.5, 0.6) is 5.75 Å². The number of methoxy groups -OCH3 is 1. The molecule has 0 aromatic heterocycles. The highest BCUT2D eigenvalue weighted by Crippen LogP contribution is 2.13. The van der Waals surface area contributed by atoms with Crippen LogP contribution in [0, 0.1) is 11.8 Å². The Morgan fingerprint density at radius 3 is 2.89 bits per heavy atom. The average Bonchev–Trinajstić information content (AvgIpc) is 2.43. The van der Waals surface area contributed by atoms with E-state index in [1.807, 2.05) is 36.0 Å². The van der Waals surface area contributed by atoms with Gasteiger partial charge in [-0.25, -0.2) is 0 Å². The summed E-state index contributed by atoms with van der Waals surface area (Å²) in [6.45, 7) is 1.56. The summed E-state index contributed by atoms with van der Waals surface area (Å²) in [5, 5.41) is 8.67. The predicted molar refractivity (Wildman–Crippen MR) is 79.7 cm³/mol. The second-order valence-electron chi connectivity index (χ2n) is 3.76. The molecular formula is C15H20O3S. The third-order valence-corrected chi connectivity index (χ3v) is 3.14.